The van der Waals surface area contributed by atoms with Gasteiger partial charge in [-0.3, -0.25) is 0 Å². The number of rotatable bonds is 3. The summed E-state index contributed by atoms with van der Waals surface area (Å²) in [6.07, 6.45) is 1.33. The van der Waals surface area contributed by atoms with Crippen molar-refractivity contribution in [1.82, 2.24) is 0 Å². The van der Waals surface area contributed by atoms with Crippen molar-refractivity contribution in [2.24, 2.45) is 17.6 Å². The van der Waals surface area contributed by atoms with Gasteiger partial charge >= 0.3 is 0 Å². The van der Waals surface area contributed by atoms with E-state index in [1.165, 1.54) is 30.8 Å². The summed E-state index contributed by atoms with van der Waals surface area (Å²) in [7, 11) is 0. The zero-order valence-corrected chi connectivity index (χ0v) is 11.2. The van der Waals surface area contributed by atoms with Crippen molar-refractivity contribution in [3.05, 3.63) is 29.8 Å². The Morgan fingerprint density at radius 3 is 2.29 bits per heavy atom. The maximum absolute atomic E-state index is 5.87. The normalized spacial score (nSPS) is 22.2. The minimum Gasteiger partial charge on any atom is -0.371 e. The highest BCUT2D eigenvalue weighted by atomic mass is 15.1. The number of benzene rings is 1. The molecule has 2 heteroatoms. The molecule has 1 saturated heterocycles. The molecule has 0 saturated carbocycles. The average molecular weight is 232 g/mol. The number of nitrogens with two attached hydrogens (primary N) is 1. The van der Waals surface area contributed by atoms with Crippen LogP contribution in [0.25, 0.3) is 0 Å². The van der Waals surface area contributed by atoms with Crippen molar-refractivity contribution in [3.8, 4) is 0 Å². The Labute approximate surface area is 105 Å². The van der Waals surface area contributed by atoms with E-state index in [9.17, 15) is 0 Å². The predicted molar refractivity (Wildman–Crippen MR) is 74.2 cm³/mol. The first-order valence-electron chi connectivity index (χ1n) is 6.68. The van der Waals surface area contributed by atoms with Gasteiger partial charge in [-0.15, -0.1) is 0 Å². The molecule has 0 spiro atoms. The van der Waals surface area contributed by atoms with E-state index in [1.54, 1.807) is 0 Å². The lowest BCUT2D eigenvalue weighted by molar-refractivity contribution is 0.423. The van der Waals surface area contributed by atoms with E-state index in [4.69, 9.17) is 5.73 Å². The van der Waals surface area contributed by atoms with Crippen LogP contribution in [0, 0.1) is 11.8 Å². The van der Waals surface area contributed by atoms with Crippen molar-refractivity contribution in [2.45, 2.75) is 33.2 Å². The smallest absolute Gasteiger partial charge is 0.0366 e. The molecule has 1 fully saturated rings. The zero-order valence-electron chi connectivity index (χ0n) is 11.2. The molecule has 1 heterocycles. The summed E-state index contributed by atoms with van der Waals surface area (Å²) in [5.41, 5.74) is 8.43. The van der Waals surface area contributed by atoms with E-state index in [2.05, 4.69) is 43.0 Å². The van der Waals surface area contributed by atoms with Crippen molar-refractivity contribution in [2.75, 3.05) is 18.0 Å². The molecule has 2 nitrogen and oxygen atoms in total. The fraction of sp³-hybridized carbons (Fsp3) is 0.600. The van der Waals surface area contributed by atoms with E-state index in [1.807, 2.05) is 6.92 Å². The highest BCUT2D eigenvalue weighted by Crippen LogP contribution is 2.28. The molecule has 0 radical (unpaired) electrons. The standard InChI is InChI=1S/C15H24N2/c1-11(2)14-8-9-17(10-14)15-6-4-13(5-7-15)12(3)16/h4-7,11-12,14H,8-10,16H2,1-3H3. The molecule has 2 unspecified atom stereocenters. The van der Waals surface area contributed by atoms with Gasteiger partial charge in [0.15, 0.2) is 0 Å². The van der Waals surface area contributed by atoms with E-state index in [0.29, 0.717) is 0 Å². The molecule has 2 atom stereocenters. The van der Waals surface area contributed by atoms with Crippen LogP contribution in [-0.4, -0.2) is 13.1 Å². The van der Waals surface area contributed by atoms with E-state index >= 15 is 0 Å². The monoisotopic (exact) mass is 232 g/mol. The van der Waals surface area contributed by atoms with Gasteiger partial charge in [-0.2, -0.15) is 0 Å². The second-order valence-corrected chi connectivity index (χ2v) is 5.62. The molecule has 1 aliphatic rings. The maximum atomic E-state index is 5.87. The summed E-state index contributed by atoms with van der Waals surface area (Å²) in [6, 6.07) is 8.86. The fourth-order valence-corrected chi connectivity index (χ4v) is 2.55. The SMILES string of the molecule is CC(N)c1ccc(N2CCC(C(C)C)C2)cc1. The molecular weight excluding hydrogens is 208 g/mol. The van der Waals surface area contributed by atoms with Crippen LogP contribution < -0.4 is 10.6 Å². The van der Waals surface area contributed by atoms with E-state index in [0.717, 1.165) is 11.8 Å². The van der Waals surface area contributed by atoms with Gasteiger partial charge in [-0.05, 0) is 42.9 Å². The van der Waals surface area contributed by atoms with E-state index < -0.39 is 0 Å². The van der Waals surface area contributed by atoms with Gasteiger partial charge in [0, 0.05) is 24.8 Å². The van der Waals surface area contributed by atoms with Gasteiger partial charge in [-0.25, -0.2) is 0 Å². The Morgan fingerprint density at radius 1 is 1.18 bits per heavy atom. The molecule has 0 amide bonds. The first-order chi connectivity index (χ1) is 8.08. The molecule has 94 valence electrons. The lowest BCUT2D eigenvalue weighted by atomic mass is 9.95. The fourth-order valence-electron chi connectivity index (χ4n) is 2.55. The number of nitrogens with zero attached hydrogens (tertiary/aromatic N) is 1. The van der Waals surface area contributed by atoms with Gasteiger partial charge in [0.25, 0.3) is 0 Å². The van der Waals surface area contributed by atoms with Gasteiger partial charge in [0.05, 0.1) is 0 Å². The van der Waals surface area contributed by atoms with Crippen LogP contribution in [0.4, 0.5) is 5.69 Å². The Balaban J connectivity index is 2.04. The lowest BCUT2D eigenvalue weighted by Gasteiger charge is -2.20. The van der Waals surface area contributed by atoms with Crippen LogP contribution >= 0.6 is 0 Å². The van der Waals surface area contributed by atoms with Crippen molar-refractivity contribution >= 4 is 5.69 Å². The Kier molecular flexibility index (Phi) is 3.72. The van der Waals surface area contributed by atoms with Crippen LogP contribution in [0.15, 0.2) is 24.3 Å². The molecule has 0 bridgehead atoms. The number of hydrogen-bond acceptors (Lipinski definition) is 2. The summed E-state index contributed by atoms with van der Waals surface area (Å²) in [5, 5.41) is 0. The summed E-state index contributed by atoms with van der Waals surface area (Å²) >= 11 is 0. The molecule has 17 heavy (non-hydrogen) atoms. The summed E-state index contributed by atoms with van der Waals surface area (Å²) in [5.74, 6) is 1.64. The first kappa shape index (κ1) is 12.4. The molecule has 0 aliphatic carbocycles. The topological polar surface area (TPSA) is 29.3 Å². The third kappa shape index (κ3) is 2.81. The van der Waals surface area contributed by atoms with Crippen molar-refractivity contribution < 1.29 is 0 Å². The van der Waals surface area contributed by atoms with Crippen LogP contribution in [0.5, 0.6) is 0 Å². The van der Waals surface area contributed by atoms with Crippen LogP contribution in [0.2, 0.25) is 0 Å². The second-order valence-electron chi connectivity index (χ2n) is 5.62. The Hall–Kier alpha value is -1.02. The minimum atomic E-state index is 0.131. The highest BCUT2D eigenvalue weighted by Gasteiger charge is 2.24. The van der Waals surface area contributed by atoms with Gasteiger partial charge in [0.2, 0.25) is 0 Å². The Bertz CT molecular complexity index is 354. The molecule has 1 aliphatic heterocycles. The summed E-state index contributed by atoms with van der Waals surface area (Å²) < 4.78 is 0. The molecule has 1 aromatic rings. The van der Waals surface area contributed by atoms with Crippen molar-refractivity contribution in [1.29, 1.82) is 0 Å². The maximum Gasteiger partial charge on any atom is 0.0366 e. The van der Waals surface area contributed by atoms with Gasteiger partial charge < -0.3 is 10.6 Å². The Morgan fingerprint density at radius 2 is 1.82 bits per heavy atom. The molecular formula is C15H24N2. The summed E-state index contributed by atoms with van der Waals surface area (Å²) in [4.78, 5) is 2.50. The molecule has 1 aromatic carbocycles. The second kappa shape index (κ2) is 5.09. The van der Waals surface area contributed by atoms with Crippen LogP contribution in [-0.2, 0) is 0 Å². The zero-order chi connectivity index (χ0) is 12.4. The van der Waals surface area contributed by atoms with E-state index in [-0.39, 0.29) is 6.04 Å². The quantitative estimate of drug-likeness (QED) is 0.867. The number of anilines is 1. The largest absolute Gasteiger partial charge is 0.371 e. The van der Waals surface area contributed by atoms with Crippen molar-refractivity contribution in [3.63, 3.8) is 0 Å². The first-order valence-corrected chi connectivity index (χ1v) is 6.68. The molecule has 2 rings (SSSR count). The summed E-state index contributed by atoms with van der Waals surface area (Å²) in [6.45, 7) is 9.08. The van der Waals surface area contributed by atoms with Gasteiger partial charge in [0.1, 0.15) is 0 Å². The number of hydrogen-bond donors (Lipinski definition) is 1. The lowest BCUT2D eigenvalue weighted by Crippen LogP contribution is -2.21. The van der Waals surface area contributed by atoms with Gasteiger partial charge in [-0.1, -0.05) is 26.0 Å². The third-order valence-electron chi connectivity index (χ3n) is 3.95. The van der Waals surface area contributed by atoms with Crippen LogP contribution in [0.1, 0.15) is 38.8 Å². The average Bonchev–Trinajstić information content (AvgIpc) is 2.78. The minimum absolute atomic E-state index is 0.131. The third-order valence-corrected chi connectivity index (χ3v) is 3.95. The molecule has 0 aromatic heterocycles. The highest BCUT2D eigenvalue weighted by molar-refractivity contribution is 5.48. The molecule has 2 N–H and O–H groups in total. The predicted octanol–water partition coefficient (Wildman–Crippen LogP) is 3.19. The van der Waals surface area contributed by atoms with Crippen LogP contribution in [0.3, 0.4) is 0 Å².